The number of carbonyl (C=O) groups is 2. The minimum atomic E-state index is -0.808. The number of carbonyl (C=O) groups excluding carboxylic acids is 1. The van der Waals surface area contributed by atoms with Crippen LogP contribution in [0.3, 0.4) is 0 Å². The van der Waals surface area contributed by atoms with E-state index in [0.717, 1.165) is 32.1 Å². The van der Waals surface area contributed by atoms with Gasteiger partial charge in [-0.25, -0.2) is 4.79 Å². The largest absolute Gasteiger partial charge is 0.481 e. The van der Waals surface area contributed by atoms with Crippen molar-refractivity contribution in [2.45, 2.75) is 75.6 Å². The van der Waals surface area contributed by atoms with Crippen molar-refractivity contribution < 1.29 is 19.8 Å². The molecular weight excluding hydrogens is 272 g/mol. The lowest BCUT2D eigenvalue weighted by Crippen LogP contribution is -2.56. The van der Waals surface area contributed by atoms with E-state index in [0.29, 0.717) is 19.3 Å². The number of aliphatic hydroxyl groups is 1. The van der Waals surface area contributed by atoms with Crippen molar-refractivity contribution in [3.8, 4) is 0 Å². The first-order valence-corrected chi connectivity index (χ1v) is 8.06. The molecule has 118 valence electrons. The van der Waals surface area contributed by atoms with E-state index in [1.807, 2.05) is 4.90 Å². The molecule has 0 aromatic carbocycles. The Bertz CT molecular complexity index is 414. The van der Waals surface area contributed by atoms with E-state index in [-0.39, 0.29) is 30.3 Å². The third-order valence-corrected chi connectivity index (χ3v) is 5.33. The Hall–Kier alpha value is -1.30. The number of aliphatic hydroxyl groups excluding tert-OH is 1. The monoisotopic (exact) mass is 296 g/mol. The molecule has 2 amide bonds. The van der Waals surface area contributed by atoms with Crippen LogP contribution >= 0.6 is 0 Å². The van der Waals surface area contributed by atoms with Crippen LogP contribution in [0.25, 0.3) is 0 Å². The van der Waals surface area contributed by atoms with Crippen molar-refractivity contribution in [2.24, 2.45) is 5.92 Å². The lowest BCUT2D eigenvalue weighted by atomic mass is 9.84. The summed E-state index contributed by atoms with van der Waals surface area (Å²) in [5.41, 5.74) is 0. The molecule has 0 aromatic rings. The Balaban J connectivity index is 1.64. The van der Waals surface area contributed by atoms with E-state index in [1.165, 1.54) is 0 Å². The van der Waals surface area contributed by atoms with Gasteiger partial charge in [0.15, 0.2) is 0 Å². The van der Waals surface area contributed by atoms with E-state index in [1.54, 1.807) is 0 Å². The number of piperidine rings is 1. The third-order valence-electron chi connectivity index (χ3n) is 5.33. The summed E-state index contributed by atoms with van der Waals surface area (Å²) in [6.45, 7) is 0. The van der Waals surface area contributed by atoms with Gasteiger partial charge in [-0.05, 0) is 38.5 Å². The molecule has 0 radical (unpaired) electrons. The number of carboxylic acid groups (broad SMARTS) is 1. The number of nitrogens with one attached hydrogen (secondary N) is 1. The lowest BCUT2D eigenvalue weighted by molar-refractivity contribution is -0.143. The quantitative estimate of drug-likeness (QED) is 0.717. The van der Waals surface area contributed by atoms with Crippen molar-refractivity contribution in [3.05, 3.63) is 0 Å². The first-order valence-electron chi connectivity index (χ1n) is 8.06. The van der Waals surface area contributed by atoms with Crippen LogP contribution in [0.2, 0.25) is 0 Å². The van der Waals surface area contributed by atoms with Gasteiger partial charge < -0.3 is 20.4 Å². The van der Waals surface area contributed by atoms with E-state index in [4.69, 9.17) is 0 Å². The van der Waals surface area contributed by atoms with Gasteiger partial charge in [-0.15, -0.1) is 0 Å². The number of hydrogen-bond acceptors (Lipinski definition) is 3. The predicted octanol–water partition coefficient (Wildman–Crippen LogP) is 1.33. The van der Waals surface area contributed by atoms with Crippen LogP contribution in [0.1, 0.15) is 51.4 Å². The van der Waals surface area contributed by atoms with Crippen molar-refractivity contribution in [2.75, 3.05) is 0 Å². The zero-order valence-corrected chi connectivity index (χ0v) is 12.2. The van der Waals surface area contributed by atoms with E-state index in [2.05, 4.69) is 5.32 Å². The first kappa shape index (κ1) is 14.6. The second-order valence-electron chi connectivity index (χ2n) is 6.70. The zero-order chi connectivity index (χ0) is 15.0. The van der Waals surface area contributed by atoms with E-state index < -0.39 is 11.9 Å². The lowest BCUT2D eigenvalue weighted by Gasteiger charge is -2.39. The number of urea groups is 1. The molecular formula is C15H24N2O4. The van der Waals surface area contributed by atoms with Crippen molar-refractivity contribution in [1.82, 2.24) is 10.2 Å². The van der Waals surface area contributed by atoms with E-state index in [9.17, 15) is 19.8 Å². The number of carboxylic acids is 1. The zero-order valence-electron chi connectivity index (χ0n) is 12.2. The average Bonchev–Trinajstić information content (AvgIpc) is 2.71. The first-order chi connectivity index (χ1) is 10.1. The fraction of sp³-hybridized carbons (Fsp3) is 0.867. The molecule has 3 N–H and O–H groups in total. The highest BCUT2D eigenvalue weighted by molar-refractivity contribution is 5.78. The highest BCUT2D eigenvalue weighted by Gasteiger charge is 2.44. The number of fused-ring (bicyclic) bond motifs is 2. The number of nitrogens with zero attached hydrogens (tertiary/aromatic N) is 1. The molecule has 3 rings (SSSR count). The topological polar surface area (TPSA) is 89.9 Å². The number of aliphatic carboxylic acids is 1. The molecule has 3 aliphatic rings. The molecule has 4 atom stereocenters. The van der Waals surface area contributed by atoms with Crippen LogP contribution in [-0.2, 0) is 4.79 Å². The normalized spacial score (nSPS) is 39.1. The summed E-state index contributed by atoms with van der Waals surface area (Å²) < 4.78 is 0. The number of rotatable bonds is 2. The van der Waals surface area contributed by atoms with Crippen LogP contribution in [0.5, 0.6) is 0 Å². The third kappa shape index (κ3) is 2.86. The molecule has 1 saturated carbocycles. The Kier molecular flexibility index (Phi) is 4.06. The van der Waals surface area contributed by atoms with Gasteiger partial charge in [0.1, 0.15) is 0 Å². The van der Waals surface area contributed by atoms with Gasteiger partial charge in [-0.1, -0.05) is 12.8 Å². The maximum absolute atomic E-state index is 12.5. The van der Waals surface area contributed by atoms with Crippen molar-refractivity contribution in [1.29, 1.82) is 0 Å². The molecule has 3 fully saturated rings. The average molecular weight is 296 g/mol. The fourth-order valence-corrected chi connectivity index (χ4v) is 4.31. The maximum atomic E-state index is 12.5. The molecule has 6 heteroatoms. The molecule has 2 aliphatic heterocycles. The summed E-state index contributed by atoms with van der Waals surface area (Å²) in [4.78, 5) is 25.7. The van der Waals surface area contributed by atoms with Crippen LogP contribution < -0.4 is 5.32 Å². The van der Waals surface area contributed by atoms with Gasteiger partial charge in [-0.3, -0.25) is 4.79 Å². The Morgan fingerprint density at radius 1 is 1.00 bits per heavy atom. The smallest absolute Gasteiger partial charge is 0.318 e. The van der Waals surface area contributed by atoms with E-state index >= 15 is 0 Å². The second kappa shape index (κ2) is 5.83. The van der Waals surface area contributed by atoms with Gasteiger partial charge in [0, 0.05) is 18.1 Å². The van der Waals surface area contributed by atoms with Crippen LogP contribution in [-0.4, -0.2) is 51.3 Å². The summed E-state index contributed by atoms with van der Waals surface area (Å²) in [5.74, 6) is -1.27. The molecule has 21 heavy (non-hydrogen) atoms. The molecule has 1 aliphatic carbocycles. The Morgan fingerprint density at radius 2 is 1.62 bits per heavy atom. The minimum absolute atomic E-state index is 0.116. The molecule has 4 unspecified atom stereocenters. The highest BCUT2D eigenvalue weighted by atomic mass is 16.4. The molecule has 2 bridgehead atoms. The highest BCUT2D eigenvalue weighted by Crippen LogP contribution is 2.36. The van der Waals surface area contributed by atoms with Gasteiger partial charge in [0.2, 0.25) is 0 Å². The van der Waals surface area contributed by atoms with Crippen LogP contribution in [0.4, 0.5) is 4.79 Å². The summed E-state index contributed by atoms with van der Waals surface area (Å²) in [7, 11) is 0. The number of hydrogen-bond donors (Lipinski definition) is 3. The van der Waals surface area contributed by atoms with Crippen LogP contribution in [0.15, 0.2) is 0 Å². The SMILES string of the molecule is O=C(O)C1CCCCC1NC(=O)N1C2CCC1CC(O)C2. The van der Waals surface area contributed by atoms with Crippen LogP contribution in [0, 0.1) is 5.92 Å². The summed E-state index contributed by atoms with van der Waals surface area (Å²) in [5, 5.41) is 22.0. The summed E-state index contributed by atoms with van der Waals surface area (Å²) in [6, 6.07) is -0.154. The Labute approximate surface area is 124 Å². The van der Waals surface area contributed by atoms with Gasteiger partial charge in [0.25, 0.3) is 0 Å². The molecule has 2 heterocycles. The van der Waals surface area contributed by atoms with Gasteiger partial charge in [-0.2, -0.15) is 0 Å². The summed E-state index contributed by atoms with van der Waals surface area (Å²) in [6.07, 6.45) is 6.18. The maximum Gasteiger partial charge on any atom is 0.318 e. The van der Waals surface area contributed by atoms with Gasteiger partial charge >= 0.3 is 12.0 Å². The molecule has 0 spiro atoms. The molecule has 6 nitrogen and oxygen atoms in total. The second-order valence-corrected chi connectivity index (χ2v) is 6.70. The van der Waals surface area contributed by atoms with Gasteiger partial charge in [0.05, 0.1) is 12.0 Å². The summed E-state index contributed by atoms with van der Waals surface area (Å²) >= 11 is 0. The molecule has 2 saturated heterocycles. The minimum Gasteiger partial charge on any atom is -0.481 e. The fourth-order valence-electron chi connectivity index (χ4n) is 4.31. The molecule has 0 aromatic heterocycles. The Morgan fingerprint density at radius 3 is 2.24 bits per heavy atom. The van der Waals surface area contributed by atoms with Crippen molar-refractivity contribution >= 4 is 12.0 Å². The van der Waals surface area contributed by atoms with Crippen molar-refractivity contribution in [3.63, 3.8) is 0 Å². The predicted molar refractivity (Wildman–Crippen MR) is 75.8 cm³/mol. The number of amides is 2. The standard InChI is InChI=1S/C15H24N2O4/c18-11-7-9-5-6-10(8-11)17(9)15(21)16-13-4-2-1-3-12(13)14(19)20/h9-13,18H,1-8H2,(H,16,21)(H,19,20).